The van der Waals surface area contributed by atoms with Gasteiger partial charge in [-0.2, -0.15) is 8.78 Å². The number of hydrogen-bond donors (Lipinski definition) is 1. The third-order valence-electron chi connectivity index (χ3n) is 4.55. The van der Waals surface area contributed by atoms with E-state index >= 15 is 0 Å². The fourth-order valence-corrected chi connectivity index (χ4v) is 4.60. The molecule has 0 spiro atoms. The van der Waals surface area contributed by atoms with Crippen molar-refractivity contribution >= 4 is 46.7 Å². The monoisotopic (exact) mass is 496 g/mol. The van der Waals surface area contributed by atoms with Crippen molar-refractivity contribution in [2.45, 2.75) is 41.3 Å². The van der Waals surface area contributed by atoms with Crippen LogP contribution in [-0.2, 0) is 11.4 Å². The van der Waals surface area contributed by atoms with E-state index in [2.05, 4.69) is 15.5 Å². The Bertz CT molecular complexity index is 1100. The van der Waals surface area contributed by atoms with Crippen molar-refractivity contribution in [1.29, 1.82) is 0 Å². The van der Waals surface area contributed by atoms with Crippen molar-refractivity contribution in [3.05, 3.63) is 59.4 Å². The van der Waals surface area contributed by atoms with Gasteiger partial charge in [-0.05, 0) is 37.1 Å². The van der Waals surface area contributed by atoms with Crippen molar-refractivity contribution in [1.82, 2.24) is 14.8 Å². The van der Waals surface area contributed by atoms with Gasteiger partial charge in [-0.3, -0.25) is 9.36 Å². The fourth-order valence-electron chi connectivity index (χ4n) is 2.99. The van der Waals surface area contributed by atoms with Gasteiger partial charge in [0.2, 0.25) is 5.91 Å². The molecule has 1 saturated carbocycles. The first-order chi connectivity index (χ1) is 15.5. The lowest BCUT2D eigenvalue weighted by Gasteiger charge is -2.11. The number of amides is 1. The molecule has 0 unspecified atom stereocenters. The van der Waals surface area contributed by atoms with Crippen LogP contribution in [0.3, 0.4) is 0 Å². The normalized spacial score (nSPS) is 13.4. The number of nitrogens with one attached hydrogen (secondary N) is 1. The second kappa shape index (κ2) is 10.5. The molecule has 0 atom stereocenters. The molecular formula is C21H19ClF2N4O2S2. The van der Waals surface area contributed by atoms with Crippen LogP contribution in [-0.4, -0.2) is 32.2 Å². The highest BCUT2D eigenvalue weighted by atomic mass is 35.5. The van der Waals surface area contributed by atoms with E-state index in [9.17, 15) is 13.6 Å². The number of thioether (sulfide) groups is 2. The molecule has 0 saturated heterocycles. The molecule has 6 nitrogen and oxygen atoms in total. The van der Waals surface area contributed by atoms with Crippen molar-refractivity contribution in [2.75, 3.05) is 11.1 Å². The first-order valence-electron chi connectivity index (χ1n) is 9.79. The number of ether oxygens (including phenoxy) is 1. The number of carbonyl (C=O) groups excluding carboxylic acids is 1. The van der Waals surface area contributed by atoms with Crippen LogP contribution >= 0.6 is 35.1 Å². The lowest BCUT2D eigenvalue weighted by atomic mass is 10.3. The number of para-hydroxylation sites is 2. The Morgan fingerprint density at radius 2 is 1.94 bits per heavy atom. The summed E-state index contributed by atoms with van der Waals surface area (Å²) < 4.78 is 33.3. The third-order valence-corrected chi connectivity index (χ3v) is 6.59. The van der Waals surface area contributed by atoms with E-state index in [-0.39, 0.29) is 24.3 Å². The molecule has 1 amide bonds. The van der Waals surface area contributed by atoms with Gasteiger partial charge in [0, 0.05) is 10.9 Å². The van der Waals surface area contributed by atoms with E-state index in [4.69, 9.17) is 16.3 Å². The van der Waals surface area contributed by atoms with Crippen molar-refractivity contribution in [3.8, 4) is 5.75 Å². The largest absolute Gasteiger partial charge is 0.484 e. The van der Waals surface area contributed by atoms with Crippen molar-refractivity contribution in [3.63, 3.8) is 0 Å². The number of benzene rings is 2. The van der Waals surface area contributed by atoms with Gasteiger partial charge >= 0.3 is 0 Å². The predicted molar refractivity (Wildman–Crippen MR) is 122 cm³/mol. The lowest BCUT2D eigenvalue weighted by Crippen LogP contribution is -2.15. The van der Waals surface area contributed by atoms with E-state index in [1.807, 2.05) is 16.7 Å². The highest BCUT2D eigenvalue weighted by molar-refractivity contribution is 8.00. The molecule has 1 fully saturated rings. The average Bonchev–Trinajstić information content (AvgIpc) is 3.52. The highest BCUT2D eigenvalue weighted by Gasteiger charge is 2.30. The molecule has 1 aromatic heterocycles. The summed E-state index contributed by atoms with van der Waals surface area (Å²) in [4.78, 5) is 12.8. The zero-order valence-corrected chi connectivity index (χ0v) is 19.1. The van der Waals surface area contributed by atoms with E-state index in [1.165, 1.54) is 11.8 Å². The van der Waals surface area contributed by atoms with Crippen LogP contribution in [0.5, 0.6) is 5.75 Å². The van der Waals surface area contributed by atoms with E-state index in [0.717, 1.165) is 12.8 Å². The van der Waals surface area contributed by atoms with Gasteiger partial charge < -0.3 is 10.1 Å². The van der Waals surface area contributed by atoms with Crippen LogP contribution in [0.15, 0.2) is 58.6 Å². The van der Waals surface area contributed by atoms with Gasteiger partial charge in [0.05, 0.1) is 16.5 Å². The molecular weight excluding hydrogens is 478 g/mol. The summed E-state index contributed by atoms with van der Waals surface area (Å²) in [6.07, 6.45) is 2.02. The van der Waals surface area contributed by atoms with Crippen LogP contribution in [0.25, 0.3) is 0 Å². The van der Waals surface area contributed by atoms with Crippen LogP contribution in [0, 0.1) is 0 Å². The summed E-state index contributed by atoms with van der Waals surface area (Å²) in [6.45, 7) is 0.207. The zero-order valence-electron chi connectivity index (χ0n) is 16.7. The van der Waals surface area contributed by atoms with Crippen molar-refractivity contribution in [2.24, 2.45) is 0 Å². The van der Waals surface area contributed by atoms with Gasteiger partial charge in [0.15, 0.2) is 11.0 Å². The molecule has 1 heterocycles. The lowest BCUT2D eigenvalue weighted by molar-refractivity contribution is -0.113. The Hall–Kier alpha value is -2.30. The summed E-state index contributed by atoms with van der Waals surface area (Å²) in [6, 6.07) is 14.0. The number of carbonyl (C=O) groups is 1. The van der Waals surface area contributed by atoms with Gasteiger partial charge in [-0.25, -0.2) is 0 Å². The predicted octanol–water partition coefficient (Wildman–Crippen LogP) is 5.89. The minimum Gasteiger partial charge on any atom is -0.484 e. The van der Waals surface area contributed by atoms with Crippen LogP contribution in [0.2, 0.25) is 5.02 Å². The van der Waals surface area contributed by atoms with Crippen LogP contribution < -0.4 is 10.1 Å². The van der Waals surface area contributed by atoms with Crippen molar-refractivity contribution < 1.29 is 18.3 Å². The van der Waals surface area contributed by atoms with Gasteiger partial charge in [0.25, 0.3) is 5.76 Å². The van der Waals surface area contributed by atoms with Gasteiger partial charge in [-0.15, -0.1) is 10.2 Å². The average molecular weight is 497 g/mol. The molecule has 0 aliphatic heterocycles. The maximum atomic E-state index is 12.7. The molecule has 1 N–H and O–H groups in total. The molecule has 2 aromatic carbocycles. The molecule has 1 aliphatic carbocycles. The summed E-state index contributed by atoms with van der Waals surface area (Å²) in [7, 11) is 0. The number of halogens is 3. The molecule has 0 bridgehead atoms. The molecule has 168 valence electrons. The third kappa shape index (κ3) is 5.93. The maximum Gasteiger partial charge on any atom is 0.288 e. The SMILES string of the molecule is O=C(CSc1nnc(COc2ccccc2Cl)n1C1CC1)Nc1ccccc1SC(F)F. The minimum absolute atomic E-state index is 0.0733. The Morgan fingerprint density at radius 3 is 2.69 bits per heavy atom. The number of nitrogens with zero attached hydrogens (tertiary/aromatic N) is 3. The first kappa shape index (κ1) is 22.9. The zero-order chi connectivity index (χ0) is 22.5. The van der Waals surface area contributed by atoms with Crippen LogP contribution in [0.4, 0.5) is 14.5 Å². The van der Waals surface area contributed by atoms with Gasteiger partial charge in [-0.1, -0.05) is 59.4 Å². The number of anilines is 1. The molecule has 0 radical (unpaired) electrons. The second-order valence-electron chi connectivity index (χ2n) is 6.93. The summed E-state index contributed by atoms with van der Waals surface area (Å²) >= 11 is 7.79. The molecule has 3 aromatic rings. The van der Waals surface area contributed by atoms with E-state index < -0.39 is 5.76 Å². The second-order valence-corrected chi connectivity index (χ2v) is 9.31. The summed E-state index contributed by atoms with van der Waals surface area (Å²) in [5, 5.41) is 12.3. The number of hydrogen-bond acceptors (Lipinski definition) is 6. The molecule has 32 heavy (non-hydrogen) atoms. The minimum atomic E-state index is -2.56. The highest BCUT2D eigenvalue weighted by Crippen LogP contribution is 2.39. The smallest absolute Gasteiger partial charge is 0.288 e. The Morgan fingerprint density at radius 1 is 1.19 bits per heavy atom. The van der Waals surface area contributed by atoms with E-state index in [0.29, 0.717) is 44.1 Å². The standard InChI is InChI=1S/C21H19ClF2N4O2S2/c22-14-5-1-3-7-16(14)30-11-18-26-27-21(28(18)13-9-10-13)31-12-19(29)25-15-6-2-4-8-17(15)32-20(23)24/h1-8,13,20H,9-12H2,(H,25,29). The quantitative estimate of drug-likeness (QED) is 0.353. The van der Waals surface area contributed by atoms with Gasteiger partial charge in [0.1, 0.15) is 12.4 Å². The van der Waals surface area contributed by atoms with E-state index in [1.54, 1.807) is 36.4 Å². The summed E-state index contributed by atoms with van der Waals surface area (Å²) in [5.74, 6) is -1.57. The maximum absolute atomic E-state index is 12.7. The topological polar surface area (TPSA) is 69.0 Å². The fraction of sp³-hybridized carbons (Fsp3) is 0.286. The molecule has 1 aliphatic rings. The summed E-state index contributed by atoms with van der Waals surface area (Å²) in [5.41, 5.74) is 0.362. The first-order valence-corrected chi connectivity index (χ1v) is 12.0. The van der Waals surface area contributed by atoms with Crippen LogP contribution in [0.1, 0.15) is 24.7 Å². The molecule has 11 heteroatoms. The number of aromatic nitrogens is 3. The Balaban J connectivity index is 1.39. The number of rotatable bonds is 10. The number of alkyl halides is 2. The Kier molecular flexibility index (Phi) is 7.54. The molecule has 4 rings (SSSR count). The Labute approximate surface area is 197 Å².